The van der Waals surface area contributed by atoms with Crippen molar-refractivity contribution in [1.82, 2.24) is 0 Å². The Morgan fingerprint density at radius 3 is 1.67 bits per heavy atom. The van der Waals surface area contributed by atoms with Gasteiger partial charge in [0.15, 0.2) is 0 Å². The van der Waals surface area contributed by atoms with Crippen molar-refractivity contribution in [2.24, 2.45) is 0 Å². The molecular formula is C44H28O. The number of fused-ring (bicyclic) bond motifs is 5. The van der Waals surface area contributed by atoms with E-state index < -0.39 is 6.04 Å². The van der Waals surface area contributed by atoms with Gasteiger partial charge in [-0.15, -0.1) is 0 Å². The van der Waals surface area contributed by atoms with Crippen molar-refractivity contribution in [2.75, 3.05) is 0 Å². The molecular weight excluding hydrogens is 544 g/mol. The predicted octanol–water partition coefficient (Wildman–Crippen LogP) is 12.6. The quantitative estimate of drug-likeness (QED) is 0.190. The molecule has 1 aromatic heterocycles. The number of benzene rings is 8. The van der Waals surface area contributed by atoms with Gasteiger partial charge in [0.05, 0.1) is 6.85 Å². The first-order valence-corrected chi connectivity index (χ1v) is 15.0. The standard InChI is InChI=1S/C44H28O/c1-3-14-29(15-4-1)31-18-13-19-32(28-31)41-34-20-7-9-22-36(34)42(37-23-10-8-21-35(37)41)39-27-26-33(30-16-5-2-6-17-30)44-43(39)38-24-11-12-25-40(38)45-44/h1-28H/i1D,3D,4D,14D,15D. The Kier molecular flexibility index (Phi) is 4.81. The molecule has 0 aliphatic heterocycles. The summed E-state index contributed by atoms with van der Waals surface area (Å²) in [5.74, 6) is 0. The van der Waals surface area contributed by atoms with Gasteiger partial charge in [-0.2, -0.15) is 0 Å². The van der Waals surface area contributed by atoms with E-state index in [0.717, 1.165) is 76.9 Å². The van der Waals surface area contributed by atoms with Crippen LogP contribution >= 0.6 is 0 Å². The summed E-state index contributed by atoms with van der Waals surface area (Å²) < 4.78 is 48.5. The maximum Gasteiger partial charge on any atom is 0.143 e. The van der Waals surface area contributed by atoms with E-state index in [-0.39, 0.29) is 29.7 Å². The van der Waals surface area contributed by atoms with Crippen molar-refractivity contribution in [2.45, 2.75) is 0 Å². The Morgan fingerprint density at radius 1 is 0.400 bits per heavy atom. The number of hydrogen-bond acceptors (Lipinski definition) is 1. The van der Waals surface area contributed by atoms with Gasteiger partial charge in [0.1, 0.15) is 11.2 Å². The maximum absolute atomic E-state index is 8.63. The third-order valence-electron chi connectivity index (χ3n) is 8.75. The van der Waals surface area contributed by atoms with E-state index in [2.05, 4.69) is 72.8 Å². The third kappa shape index (κ3) is 4.09. The summed E-state index contributed by atoms with van der Waals surface area (Å²) in [4.78, 5) is 0. The van der Waals surface area contributed by atoms with Gasteiger partial charge in [-0.25, -0.2) is 0 Å². The van der Waals surface area contributed by atoms with Crippen LogP contribution in [0.25, 0.3) is 88.0 Å². The SMILES string of the molecule is [2H]c1c([2H])c([2H])c(-c2cccc(-c3c4ccccc4c(-c4ccc(-c5ccccc5)c5oc6ccccc6c45)c4ccccc34)c2)c([2H])c1[2H]. The molecule has 0 unspecified atom stereocenters. The Balaban J connectivity index is 1.36. The van der Waals surface area contributed by atoms with Crippen LogP contribution in [0.5, 0.6) is 0 Å². The zero-order chi connectivity index (χ0) is 34.1. The van der Waals surface area contributed by atoms with Crippen LogP contribution in [0.4, 0.5) is 0 Å². The van der Waals surface area contributed by atoms with Crippen molar-refractivity contribution in [3.63, 3.8) is 0 Å². The van der Waals surface area contributed by atoms with Gasteiger partial charge >= 0.3 is 0 Å². The molecule has 0 aliphatic carbocycles. The summed E-state index contributed by atoms with van der Waals surface area (Å²) in [6, 6.07) is 45.9. The van der Waals surface area contributed by atoms with Crippen LogP contribution < -0.4 is 0 Å². The summed E-state index contributed by atoms with van der Waals surface area (Å²) in [6.07, 6.45) is 0. The highest BCUT2D eigenvalue weighted by Gasteiger charge is 2.22. The molecule has 0 amide bonds. The van der Waals surface area contributed by atoms with Crippen LogP contribution in [-0.4, -0.2) is 0 Å². The fourth-order valence-corrected chi connectivity index (χ4v) is 6.84. The van der Waals surface area contributed by atoms with Crippen LogP contribution in [0.15, 0.2) is 174 Å². The Bertz CT molecular complexity index is 2730. The largest absolute Gasteiger partial charge is 0.455 e. The molecule has 0 N–H and O–H groups in total. The summed E-state index contributed by atoms with van der Waals surface area (Å²) in [7, 11) is 0. The highest BCUT2D eigenvalue weighted by Crippen LogP contribution is 2.48. The molecule has 45 heavy (non-hydrogen) atoms. The van der Waals surface area contributed by atoms with Crippen molar-refractivity contribution in [1.29, 1.82) is 0 Å². The second kappa shape index (κ2) is 10.4. The zero-order valence-electron chi connectivity index (χ0n) is 29.2. The highest BCUT2D eigenvalue weighted by atomic mass is 16.3. The van der Waals surface area contributed by atoms with Crippen molar-refractivity contribution < 1.29 is 11.3 Å². The first-order chi connectivity index (χ1) is 24.4. The molecule has 210 valence electrons. The van der Waals surface area contributed by atoms with E-state index in [0.29, 0.717) is 5.56 Å². The molecule has 0 spiro atoms. The van der Waals surface area contributed by atoms with Gasteiger partial charge in [0.2, 0.25) is 0 Å². The lowest BCUT2D eigenvalue weighted by molar-refractivity contribution is 0.670. The number of hydrogen-bond donors (Lipinski definition) is 0. The van der Waals surface area contributed by atoms with E-state index in [1.165, 1.54) is 0 Å². The molecule has 0 atom stereocenters. The molecule has 0 saturated heterocycles. The minimum Gasteiger partial charge on any atom is -0.455 e. The number of para-hydroxylation sites is 1. The lowest BCUT2D eigenvalue weighted by Crippen LogP contribution is -1.92. The average Bonchev–Trinajstić information content (AvgIpc) is 3.55. The fourth-order valence-electron chi connectivity index (χ4n) is 6.84. The molecule has 8 aromatic carbocycles. The van der Waals surface area contributed by atoms with Gasteiger partial charge in [-0.3, -0.25) is 0 Å². The van der Waals surface area contributed by atoms with Crippen molar-refractivity contribution in [3.05, 3.63) is 170 Å². The van der Waals surface area contributed by atoms with Crippen LogP contribution in [0, 0.1) is 0 Å². The smallest absolute Gasteiger partial charge is 0.143 e. The first kappa shape index (κ1) is 20.9. The van der Waals surface area contributed by atoms with Crippen LogP contribution in [0.2, 0.25) is 0 Å². The van der Waals surface area contributed by atoms with Crippen LogP contribution in [0.1, 0.15) is 6.85 Å². The van der Waals surface area contributed by atoms with Crippen molar-refractivity contribution in [3.8, 4) is 44.5 Å². The lowest BCUT2D eigenvalue weighted by Gasteiger charge is -2.19. The Morgan fingerprint density at radius 2 is 0.956 bits per heavy atom. The topological polar surface area (TPSA) is 13.1 Å². The predicted molar refractivity (Wildman–Crippen MR) is 190 cm³/mol. The van der Waals surface area contributed by atoms with Gasteiger partial charge in [-0.1, -0.05) is 152 Å². The van der Waals surface area contributed by atoms with E-state index in [1.54, 1.807) is 0 Å². The second-order valence-electron chi connectivity index (χ2n) is 11.3. The first-order valence-electron chi connectivity index (χ1n) is 17.5. The minimum absolute atomic E-state index is 0.191. The molecule has 1 heteroatoms. The monoisotopic (exact) mass is 577 g/mol. The van der Waals surface area contributed by atoms with Gasteiger partial charge < -0.3 is 4.42 Å². The number of furan rings is 1. The summed E-state index contributed by atoms with van der Waals surface area (Å²) in [5.41, 5.74) is 8.67. The molecule has 0 fully saturated rings. The van der Waals surface area contributed by atoms with E-state index in [9.17, 15) is 0 Å². The Labute approximate surface area is 268 Å². The van der Waals surface area contributed by atoms with E-state index in [4.69, 9.17) is 11.3 Å². The molecule has 0 bridgehead atoms. The van der Waals surface area contributed by atoms with Crippen LogP contribution in [-0.2, 0) is 0 Å². The third-order valence-corrected chi connectivity index (χ3v) is 8.75. The second-order valence-corrected chi connectivity index (χ2v) is 11.3. The molecule has 0 saturated carbocycles. The zero-order valence-corrected chi connectivity index (χ0v) is 24.2. The molecule has 1 heterocycles. The normalized spacial score (nSPS) is 13.1. The lowest BCUT2D eigenvalue weighted by atomic mass is 9.84. The molecule has 0 aliphatic rings. The average molecular weight is 578 g/mol. The highest BCUT2D eigenvalue weighted by molar-refractivity contribution is 6.26. The van der Waals surface area contributed by atoms with Crippen molar-refractivity contribution >= 4 is 43.5 Å². The summed E-state index contributed by atoms with van der Waals surface area (Å²) in [6.45, 7) is 0. The van der Waals surface area contributed by atoms with Crippen LogP contribution in [0.3, 0.4) is 0 Å². The van der Waals surface area contributed by atoms with Gasteiger partial charge in [-0.05, 0) is 78.7 Å². The summed E-state index contributed by atoms with van der Waals surface area (Å²) >= 11 is 0. The minimum atomic E-state index is -0.399. The Hall–Kier alpha value is -5.92. The fraction of sp³-hybridized carbons (Fsp3) is 0. The summed E-state index contributed by atoms with van der Waals surface area (Å²) in [5, 5.41) is 6.37. The molecule has 9 rings (SSSR count). The number of rotatable bonds is 4. The van der Waals surface area contributed by atoms with E-state index >= 15 is 0 Å². The molecule has 9 aromatic rings. The van der Waals surface area contributed by atoms with Gasteiger partial charge in [0.25, 0.3) is 0 Å². The molecule has 0 radical (unpaired) electrons. The molecule has 1 nitrogen and oxygen atoms in total. The maximum atomic E-state index is 8.63. The van der Waals surface area contributed by atoms with E-state index in [1.807, 2.05) is 66.7 Å². The van der Waals surface area contributed by atoms with Gasteiger partial charge in [0, 0.05) is 16.3 Å².